The summed E-state index contributed by atoms with van der Waals surface area (Å²) in [7, 11) is 3.73. The molecule has 0 spiro atoms. The van der Waals surface area contributed by atoms with Gasteiger partial charge in [-0.05, 0) is 43.5 Å². The molecule has 3 aromatic rings. The van der Waals surface area contributed by atoms with Gasteiger partial charge in [-0.1, -0.05) is 109 Å². The first-order valence-electron chi connectivity index (χ1n) is 9.76. The van der Waals surface area contributed by atoms with Crippen LogP contribution in [0.15, 0.2) is 109 Å². The van der Waals surface area contributed by atoms with Gasteiger partial charge in [-0.2, -0.15) is 0 Å². The van der Waals surface area contributed by atoms with Crippen molar-refractivity contribution < 1.29 is 0 Å². The highest BCUT2D eigenvalue weighted by molar-refractivity contribution is 7.79. The highest BCUT2D eigenvalue weighted by Crippen LogP contribution is 2.38. The summed E-state index contributed by atoms with van der Waals surface area (Å²) in [6.45, 7) is 0. The number of rotatable bonds is 5. The van der Waals surface area contributed by atoms with Crippen LogP contribution in [0, 0.1) is 0 Å². The third kappa shape index (κ3) is 3.87. The van der Waals surface area contributed by atoms with Crippen molar-refractivity contribution in [2.75, 3.05) is 14.1 Å². The van der Waals surface area contributed by atoms with E-state index in [2.05, 4.69) is 128 Å². The lowest BCUT2D eigenvalue weighted by molar-refractivity contribution is 0.321. The number of hydrogen-bond donors (Lipinski definition) is 0. The van der Waals surface area contributed by atoms with Gasteiger partial charge in [0.15, 0.2) is 0 Å². The van der Waals surface area contributed by atoms with Crippen LogP contribution in [0.1, 0.15) is 11.5 Å². The number of allylic oxidation sites excluding steroid dienone is 2. The molecule has 0 aromatic heterocycles. The molecule has 0 radical (unpaired) electrons. The number of benzene rings is 3. The third-order valence-corrected chi connectivity index (χ3v) is 7.79. The van der Waals surface area contributed by atoms with E-state index in [1.165, 1.54) is 21.5 Å². The molecule has 1 aliphatic carbocycles. The Labute approximate surface area is 169 Å². The van der Waals surface area contributed by atoms with E-state index in [0.29, 0.717) is 12.0 Å². The molecule has 0 saturated carbocycles. The normalized spacial score (nSPS) is 18.7. The molecule has 0 bridgehead atoms. The van der Waals surface area contributed by atoms with Gasteiger partial charge < -0.3 is 4.90 Å². The van der Waals surface area contributed by atoms with Gasteiger partial charge in [0.25, 0.3) is 0 Å². The predicted octanol–water partition coefficient (Wildman–Crippen LogP) is 4.58. The van der Waals surface area contributed by atoms with Gasteiger partial charge in [0.2, 0.25) is 0 Å². The van der Waals surface area contributed by atoms with Crippen molar-refractivity contribution in [3.05, 3.63) is 115 Å². The minimum Gasteiger partial charge on any atom is -0.302 e. The largest absolute Gasteiger partial charge is 0.302 e. The third-order valence-electron chi connectivity index (χ3n) is 5.27. The molecule has 0 heterocycles. The van der Waals surface area contributed by atoms with Crippen LogP contribution in [0.3, 0.4) is 0 Å². The lowest BCUT2D eigenvalue weighted by atomic mass is 9.87. The van der Waals surface area contributed by atoms with E-state index in [1.807, 2.05) is 0 Å². The summed E-state index contributed by atoms with van der Waals surface area (Å²) in [5.74, 6) is 0.355. The maximum Gasteiger partial charge on any atom is 0.0378 e. The van der Waals surface area contributed by atoms with Crippen molar-refractivity contribution in [3.63, 3.8) is 0 Å². The van der Waals surface area contributed by atoms with E-state index in [1.54, 1.807) is 0 Å². The zero-order valence-corrected chi connectivity index (χ0v) is 17.3. The predicted molar refractivity (Wildman–Crippen MR) is 124 cm³/mol. The zero-order valence-electron chi connectivity index (χ0n) is 16.4. The highest BCUT2D eigenvalue weighted by Gasteiger charge is 2.27. The molecule has 3 aromatic carbocycles. The fraction of sp³-hybridized carbons (Fsp3) is 0.154. The van der Waals surface area contributed by atoms with Crippen molar-refractivity contribution >= 4 is 23.8 Å². The molecule has 0 fully saturated rings. The van der Waals surface area contributed by atoms with E-state index >= 15 is 0 Å². The SMILES string of the molecule is CN(C)C1C=CC=CC1c1ccccc1P(c1ccccc1)c1ccccc1. The molecule has 0 saturated heterocycles. The first-order valence-corrected chi connectivity index (χ1v) is 11.1. The molecular weight excluding hydrogens is 357 g/mol. The number of nitrogens with zero attached hydrogens (tertiary/aromatic N) is 1. The fourth-order valence-corrected chi connectivity index (χ4v) is 6.44. The van der Waals surface area contributed by atoms with Crippen LogP contribution in [0.2, 0.25) is 0 Å². The lowest BCUT2D eigenvalue weighted by Crippen LogP contribution is -2.35. The molecule has 140 valence electrons. The van der Waals surface area contributed by atoms with Crippen LogP contribution in [-0.4, -0.2) is 25.0 Å². The second-order valence-electron chi connectivity index (χ2n) is 7.32. The molecule has 0 aliphatic heterocycles. The monoisotopic (exact) mass is 383 g/mol. The molecule has 2 unspecified atom stereocenters. The zero-order chi connectivity index (χ0) is 19.3. The highest BCUT2D eigenvalue weighted by atomic mass is 31.1. The summed E-state index contributed by atoms with van der Waals surface area (Å²) in [5, 5.41) is 4.24. The second kappa shape index (κ2) is 8.69. The maximum absolute atomic E-state index is 2.35. The molecule has 2 heteroatoms. The van der Waals surface area contributed by atoms with Crippen LogP contribution >= 0.6 is 7.92 Å². The van der Waals surface area contributed by atoms with Crippen molar-refractivity contribution in [3.8, 4) is 0 Å². The minimum absolute atomic E-state index is 0.355. The van der Waals surface area contributed by atoms with Gasteiger partial charge in [0.05, 0.1) is 0 Å². The summed E-state index contributed by atoms with van der Waals surface area (Å²) in [5.41, 5.74) is 1.43. The Kier molecular flexibility index (Phi) is 5.86. The summed E-state index contributed by atoms with van der Waals surface area (Å²) in [6, 6.07) is 31.3. The van der Waals surface area contributed by atoms with Gasteiger partial charge in [0, 0.05) is 12.0 Å². The molecular formula is C26H26NP. The van der Waals surface area contributed by atoms with Crippen LogP contribution in [-0.2, 0) is 0 Å². The van der Waals surface area contributed by atoms with Crippen molar-refractivity contribution in [2.45, 2.75) is 12.0 Å². The first-order chi connectivity index (χ1) is 13.8. The van der Waals surface area contributed by atoms with Gasteiger partial charge >= 0.3 is 0 Å². The minimum atomic E-state index is -0.606. The van der Waals surface area contributed by atoms with Gasteiger partial charge in [0.1, 0.15) is 0 Å². The Morgan fingerprint density at radius 3 is 1.79 bits per heavy atom. The Morgan fingerprint density at radius 2 is 1.18 bits per heavy atom. The smallest absolute Gasteiger partial charge is 0.0378 e. The number of hydrogen-bond acceptors (Lipinski definition) is 1. The number of likely N-dealkylation sites (N-methyl/N-ethyl adjacent to an activating group) is 1. The van der Waals surface area contributed by atoms with Crippen molar-refractivity contribution in [1.29, 1.82) is 0 Å². The summed E-state index contributed by atoms with van der Waals surface area (Å²) < 4.78 is 0. The van der Waals surface area contributed by atoms with Crippen molar-refractivity contribution in [1.82, 2.24) is 4.90 Å². The van der Waals surface area contributed by atoms with Gasteiger partial charge in [-0.3, -0.25) is 0 Å². The summed E-state index contributed by atoms with van der Waals surface area (Å²) in [6.07, 6.45) is 9.03. The molecule has 0 N–H and O–H groups in total. The molecule has 4 rings (SSSR count). The van der Waals surface area contributed by atoms with E-state index in [4.69, 9.17) is 0 Å². The fourth-order valence-electron chi connectivity index (χ4n) is 3.93. The molecule has 0 amide bonds. The van der Waals surface area contributed by atoms with E-state index in [-0.39, 0.29) is 0 Å². The topological polar surface area (TPSA) is 3.24 Å². The Balaban J connectivity index is 1.87. The van der Waals surface area contributed by atoms with E-state index in [0.717, 1.165) is 0 Å². The Morgan fingerprint density at radius 1 is 0.643 bits per heavy atom. The van der Waals surface area contributed by atoms with E-state index in [9.17, 15) is 0 Å². The van der Waals surface area contributed by atoms with Gasteiger partial charge in [-0.25, -0.2) is 0 Å². The second-order valence-corrected chi connectivity index (χ2v) is 9.50. The Hall–Kier alpha value is -2.47. The average Bonchev–Trinajstić information content (AvgIpc) is 2.76. The summed E-state index contributed by atoms with van der Waals surface area (Å²) >= 11 is 0. The maximum atomic E-state index is 2.35. The molecule has 1 nitrogen and oxygen atoms in total. The summed E-state index contributed by atoms with van der Waals surface area (Å²) in [4.78, 5) is 2.31. The molecule has 2 atom stereocenters. The van der Waals surface area contributed by atoms with Crippen LogP contribution in [0.25, 0.3) is 0 Å². The lowest BCUT2D eigenvalue weighted by Gasteiger charge is -2.33. The van der Waals surface area contributed by atoms with Crippen LogP contribution < -0.4 is 15.9 Å². The van der Waals surface area contributed by atoms with Crippen molar-refractivity contribution in [2.24, 2.45) is 0 Å². The molecule has 1 aliphatic rings. The average molecular weight is 383 g/mol. The quantitative estimate of drug-likeness (QED) is 0.583. The Bertz CT molecular complexity index is 920. The first kappa shape index (κ1) is 18.9. The standard InChI is InChI=1S/C26H26NP/c1-27(2)25-19-11-9-17-23(25)24-18-10-12-20-26(24)28(21-13-5-3-6-14-21)22-15-7-4-8-16-22/h3-20,23,25H,1-2H3. The molecule has 28 heavy (non-hydrogen) atoms. The van der Waals surface area contributed by atoms with Crippen LogP contribution in [0.4, 0.5) is 0 Å². The van der Waals surface area contributed by atoms with Crippen LogP contribution in [0.5, 0.6) is 0 Å². The van der Waals surface area contributed by atoms with Gasteiger partial charge in [-0.15, -0.1) is 0 Å². The van der Waals surface area contributed by atoms with E-state index < -0.39 is 7.92 Å².